The Balaban J connectivity index is 2.06. The number of sulfonamides is 1. The van der Waals surface area contributed by atoms with E-state index in [9.17, 15) is 13.2 Å². The van der Waals surface area contributed by atoms with Crippen LogP contribution in [0.15, 0.2) is 33.6 Å². The summed E-state index contributed by atoms with van der Waals surface area (Å²) in [4.78, 5) is 11.0. The molecule has 104 valence electrons. The minimum absolute atomic E-state index is 0.189. The van der Waals surface area contributed by atoms with Crippen molar-refractivity contribution in [3.8, 4) is 0 Å². The maximum absolute atomic E-state index is 12.1. The first-order chi connectivity index (χ1) is 8.88. The summed E-state index contributed by atoms with van der Waals surface area (Å²) < 4.78 is 27.6. The lowest BCUT2D eigenvalue weighted by Gasteiger charge is -2.13. The molecule has 0 heterocycles. The molecule has 1 aromatic carbocycles. The summed E-state index contributed by atoms with van der Waals surface area (Å²) in [7, 11) is -3.57. The third-order valence-corrected chi connectivity index (χ3v) is 5.29. The van der Waals surface area contributed by atoms with Crippen molar-refractivity contribution in [3.63, 3.8) is 0 Å². The van der Waals surface area contributed by atoms with Gasteiger partial charge in [-0.05, 0) is 43.5 Å². The molecule has 1 saturated carbocycles. The van der Waals surface area contributed by atoms with Crippen molar-refractivity contribution in [2.45, 2.75) is 30.2 Å². The van der Waals surface area contributed by atoms with Crippen LogP contribution in [0.5, 0.6) is 0 Å². The van der Waals surface area contributed by atoms with Crippen LogP contribution in [0, 0.1) is 5.92 Å². The average Bonchev–Trinajstić information content (AvgIpc) is 2.77. The number of halogens is 1. The van der Waals surface area contributed by atoms with E-state index in [1.165, 1.54) is 12.1 Å². The molecule has 2 rings (SSSR count). The highest BCUT2D eigenvalue weighted by molar-refractivity contribution is 9.10. The van der Waals surface area contributed by atoms with E-state index in [4.69, 9.17) is 5.11 Å². The van der Waals surface area contributed by atoms with Crippen LogP contribution < -0.4 is 4.72 Å². The number of rotatable bonds is 4. The van der Waals surface area contributed by atoms with E-state index < -0.39 is 21.9 Å². The molecule has 0 aliphatic heterocycles. The lowest BCUT2D eigenvalue weighted by Crippen LogP contribution is -2.33. The summed E-state index contributed by atoms with van der Waals surface area (Å²) in [5.74, 6) is -1.30. The predicted molar refractivity (Wildman–Crippen MR) is 73.2 cm³/mol. The van der Waals surface area contributed by atoms with Crippen LogP contribution in [-0.4, -0.2) is 25.5 Å². The van der Waals surface area contributed by atoms with Crippen LogP contribution in [0.1, 0.15) is 19.3 Å². The van der Waals surface area contributed by atoms with E-state index in [2.05, 4.69) is 20.7 Å². The fourth-order valence-corrected chi connectivity index (χ4v) is 3.76. The molecule has 1 fully saturated rings. The Morgan fingerprint density at radius 3 is 2.42 bits per heavy atom. The lowest BCUT2D eigenvalue weighted by atomic mass is 10.1. The monoisotopic (exact) mass is 347 g/mol. The number of carboxylic acid groups (broad SMARTS) is 1. The molecule has 0 amide bonds. The smallest absolute Gasteiger partial charge is 0.306 e. The van der Waals surface area contributed by atoms with Crippen molar-refractivity contribution in [3.05, 3.63) is 28.7 Å². The van der Waals surface area contributed by atoms with Crippen LogP contribution in [0.4, 0.5) is 0 Å². The van der Waals surface area contributed by atoms with E-state index in [1.807, 2.05) is 0 Å². The first-order valence-corrected chi connectivity index (χ1v) is 8.17. The highest BCUT2D eigenvalue weighted by atomic mass is 79.9. The fraction of sp³-hybridized carbons (Fsp3) is 0.417. The molecule has 0 radical (unpaired) electrons. The quantitative estimate of drug-likeness (QED) is 0.872. The minimum atomic E-state index is -3.57. The summed E-state index contributed by atoms with van der Waals surface area (Å²) in [5, 5.41) is 8.89. The zero-order chi connectivity index (χ0) is 14.0. The van der Waals surface area contributed by atoms with Gasteiger partial charge >= 0.3 is 5.97 Å². The Bertz CT molecular complexity index is 570. The van der Waals surface area contributed by atoms with Crippen molar-refractivity contribution in [1.82, 2.24) is 4.72 Å². The second-order valence-electron chi connectivity index (χ2n) is 4.62. The van der Waals surface area contributed by atoms with Gasteiger partial charge in [-0.3, -0.25) is 4.79 Å². The normalized spacial score (nSPS) is 23.4. The minimum Gasteiger partial charge on any atom is -0.481 e. The molecule has 2 unspecified atom stereocenters. The van der Waals surface area contributed by atoms with Crippen LogP contribution in [-0.2, 0) is 14.8 Å². The predicted octanol–water partition coefficient (Wildman–Crippen LogP) is 1.98. The summed E-state index contributed by atoms with van der Waals surface area (Å²) in [5.41, 5.74) is 0. The Labute approximate surface area is 120 Å². The van der Waals surface area contributed by atoms with Crippen molar-refractivity contribution < 1.29 is 18.3 Å². The number of aliphatic carboxylic acids is 1. The molecule has 2 atom stereocenters. The molecular weight excluding hydrogens is 334 g/mol. The SMILES string of the molecule is O=C(O)C1CCC(NS(=O)(=O)c2ccc(Br)cc2)C1. The van der Waals surface area contributed by atoms with Gasteiger partial charge in [0.05, 0.1) is 10.8 Å². The number of benzene rings is 1. The van der Waals surface area contributed by atoms with Gasteiger partial charge in [-0.2, -0.15) is 0 Å². The van der Waals surface area contributed by atoms with E-state index in [0.29, 0.717) is 19.3 Å². The summed E-state index contributed by atoms with van der Waals surface area (Å²) >= 11 is 3.24. The van der Waals surface area contributed by atoms with Gasteiger partial charge in [0.1, 0.15) is 0 Å². The number of hydrogen-bond acceptors (Lipinski definition) is 3. The molecule has 7 heteroatoms. The highest BCUT2D eigenvalue weighted by Gasteiger charge is 2.32. The molecular formula is C12H14BrNO4S. The molecule has 1 aliphatic rings. The van der Waals surface area contributed by atoms with Gasteiger partial charge in [-0.1, -0.05) is 15.9 Å². The number of carbonyl (C=O) groups is 1. The summed E-state index contributed by atoms with van der Waals surface area (Å²) in [6, 6.07) is 6.04. The highest BCUT2D eigenvalue weighted by Crippen LogP contribution is 2.27. The first kappa shape index (κ1) is 14.5. The van der Waals surface area contributed by atoms with Crippen molar-refractivity contribution >= 4 is 31.9 Å². The van der Waals surface area contributed by atoms with Crippen LogP contribution in [0.2, 0.25) is 0 Å². The largest absolute Gasteiger partial charge is 0.481 e. The van der Waals surface area contributed by atoms with Gasteiger partial charge < -0.3 is 5.11 Å². The number of carboxylic acids is 1. The van der Waals surface area contributed by atoms with Gasteiger partial charge in [0, 0.05) is 10.5 Å². The van der Waals surface area contributed by atoms with Crippen molar-refractivity contribution in [2.24, 2.45) is 5.92 Å². The summed E-state index contributed by atoms with van der Waals surface area (Å²) in [6.45, 7) is 0. The topological polar surface area (TPSA) is 83.5 Å². The lowest BCUT2D eigenvalue weighted by molar-refractivity contribution is -0.141. The van der Waals surface area contributed by atoms with E-state index >= 15 is 0 Å². The van der Waals surface area contributed by atoms with Gasteiger partial charge in [-0.15, -0.1) is 0 Å². The maximum Gasteiger partial charge on any atom is 0.306 e. The standard InChI is InChI=1S/C12H14BrNO4S/c13-9-2-5-11(6-3-9)19(17,18)14-10-4-1-8(7-10)12(15)16/h2-3,5-6,8,10,14H,1,4,7H2,(H,15,16). The van der Waals surface area contributed by atoms with Gasteiger partial charge in [0.2, 0.25) is 10.0 Å². The molecule has 0 spiro atoms. The van der Waals surface area contributed by atoms with Gasteiger partial charge in [-0.25, -0.2) is 13.1 Å². The molecule has 0 bridgehead atoms. The molecule has 0 saturated heterocycles. The molecule has 5 nitrogen and oxygen atoms in total. The molecule has 19 heavy (non-hydrogen) atoms. The van der Waals surface area contributed by atoms with Crippen molar-refractivity contribution in [1.29, 1.82) is 0 Å². The fourth-order valence-electron chi connectivity index (χ4n) is 2.21. The number of nitrogens with one attached hydrogen (secondary N) is 1. The van der Waals surface area contributed by atoms with Gasteiger partial charge in [0.15, 0.2) is 0 Å². The maximum atomic E-state index is 12.1. The van der Waals surface area contributed by atoms with E-state index in [0.717, 1.165) is 4.47 Å². The Kier molecular flexibility index (Phi) is 4.27. The zero-order valence-electron chi connectivity index (χ0n) is 10.0. The third kappa shape index (κ3) is 3.55. The third-order valence-electron chi connectivity index (χ3n) is 3.23. The first-order valence-electron chi connectivity index (χ1n) is 5.89. The molecule has 1 aliphatic carbocycles. The van der Waals surface area contributed by atoms with Gasteiger partial charge in [0.25, 0.3) is 0 Å². The van der Waals surface area contributed by atoms with Crippen LogP contribution in [0.25, 0.3) is 0 Å². The van der Waals surface area contributed by atoms with Crippen LogP contribution >= 0.6 is 15.9 Å². The second-order valence-corrected chi connectivity index (χ2v) is 7.25. The van der Waals surface area contributed by atoms with E-state index in [1.54, 1.807) is 12.1 Å². The Hall–Kier alpha value is -0.920. The average molecular weight is 348 g/mol. The second kappa shape index (κ2) is 5.60. The van der Waals surface area contributed by atoms with Crippen molar-refractivity contribution in [2.75, 3.05) is 0 Å². The van der Waals surface area contributed by atoms with E-state index in [-0.39, 0.29) is 10.9 Å². The molecule has 2 N–H and O–H groups in total. The Morgan fingerprint density at radius 2 is 1.89 bits per heavy atom. The number of hydrogen-bond donors (Lipinski definition) is 2. The summed E-state index contributed by atoms with van der Waals surface area (Å²) in [6.07, 6.45) is 1.43. The zero-order valence-corrected chi connectivity index (χ0v) is 12.4. The molecule has 0 aromatic heterocycles. The Morgan fingerprint density at radius 1 is 1.26 bits per heavy atom. The van der Waals surface area contributed by atoms with Crippen LogP contribution in [0.3, 0.4) is 0 Å². The molecule has 1 aromatic rings.